The molecular weight excluding hydrogens is 256 g/mol. The van der Waals surface area contributed by atoms with Crippen LogP contribution in [0.1, 0.15) is 31.7 Å². The van der Waals surface area contributed by atoms with E-state index in [1.807, 2.05) is 0 Å². The molecule has 0 saturated carbocycles. The molecule has 4 heteroatoms. The number of hydrogen-bond donors (Lipinski definition) is 1. The highest BCUT2D eigenvalue weighted by molar-refractivity contribution is 6.17. The number of nitrogens with one attached hydrogen (secondary N) is 1. The van der Waals surface area contributed by atoms with E-state index in [0.29, 0.717) is 23.9 Å². The molecule has 0 aliphatic rings. The molecule has 1 aromatic carbocycles. The topological polar surface area (TPSA) is 12.0 Å². The van der Waals surface area contributed by atoms with Gasteiger partial charge in [-0.3, -0.25) is 0 Å². The highest BCUT2D eigenvalue weighted by Gasteiger charge is 2.08. The lowest BCUT2D eigenvalue weighted by Crippen LogP contribution is -2.23. The van der Waals surface area contributed by atoms with Crippen molar-refractivity contribution >= 4 is 11.6 Å². The Morgan fingerprint density at radius 1 is 1.28 bits per heavy atom. The fraction of sp³-hybridized carbons (Fsp3) is 0.571. The molecule has 1 N–H and O–H groups in total. The minimum atomic E-state index is -0.540. The van der Waals surface area contributed by atoms with Crippen molar-refractivity contribution in [2.24, 2.45) is 5.92 Å². The molecule has 18 heavy (non-hydrogen) atoms. The monoisotopic (exact) mass is 275 g/mol. The van der Waals surface area contributed by atoms with Crippen molar-refractivity contribution in [2.75, 3.05) is 12.4 Å². The maximum absolute atomic E-state index is 13.4. The van der Waals surface area contributed by atoms with Crippen molar-refractivity contribution in [3.8, 4) is 0 Å². The maximum Gasteiger partial charge on any atom is 0.130 e. The molecular formula is C14H20ClF2N. The second-order valence-corrected chi connectivity index (χ2v) is 4.88. The largest absolute Gasteiger partial charge is 0.312 e. The summed E-state index contributed by atoms with van der Waals surface area (Å²) >= 11 is 5.74. The molecule has 0 bridgehead atoms. The highest BCUT2D eigenvalue weighted by Crippen LogP contribution is 2.12. The van der Waals surface area contributed by atoms with Crippen molar-refractivity contribution in [1.29, 1.82) is 0 Å². The molecule has 0 aromatic heterocycles. The summed E-state index contributed by atoms with van der Waals surface area (Å²) in [5.41, 5.74) is 0.498. The summed E-state index contributed by atoms with van der Waals surface area (Å²) in [5, 5.41) is 3.21. The van der Waals surface area contributed by atoms with Gasteiger partial charge in [-0.1, -0.05) is 19.4 Å². The summed E-state index contributed by atoms with van der Waals surface area (Å²) < 4.78 is 26.1. The van der Waals surface area contributed by atoms with Crippen LogP contribution in [-0.4, -0.2) is 12.4 Å². The van der Waals surface area contributed by atoms with Crippen LogP contribution in [0.3, 0.4) is 0 Å². The van der Waals surface area contributed by atoms with E-state index in [2.05, 4.69) is 12.2 Å². The van der Waals surface area contributed by atoms with Crippen LogP contribution in [0.25, 0.3) is 0 Å². The Morgan fingerprint density at radius 2 is 2.06 bits per heavy atom. The minimum absolute atomic E-state index is 0.425. The van der Waals surface area contributed by atoms with E-state index in [0.717, 1.165) is 31.9 Å². The zero-order valence-corrected chi connectivity index (χ0v) is 11.4. The van der Waals surface area contributed by atoms with Crippen molar-refractivity contribution in [3.05, 3.63) is 35.4 Å². The van der Waals surface area contributed by atoms with Crippen LogP contribution in [0, 0.1) is 17.6 Å². The highest BCUT2D eigenvalue weighted by atomic mass is 35.5. The lowest BCUT2D eigenvalue weighted by molar-refractivity contribution is 0.427. The van der Waals surface area contributed by atoms with Gasteiger partial charge in [-0.2, -0.15) is 0 Å². The predicted octanol–water partition coefficient (Wildman–Crippen LogP) is 4.10. The van der Waals surface area contributed by atoms with Crippen LogP contribution in [0.2, 0.25) is 0 Å². The summed E-state index contributed by atoms with van der Waals surface area (Å²) in [6, 6.07) is 3.68. The van der Waals surface area contributed by atoms with Crippen LogP contribution >= 0.6 is 11.6 Å². The first-order chi connectivity index (χ1) is 8.67. The molecule has 0 amide bonds. The third-order valence-electron chi connectivity index (χ3n) is 2.98. The average molecular weight is 276 g/mol. The molecule has 102 valence electrons. The van der Waals surface area contributed by atoms with Gasteiger partial charge in [0.15, 0.2) is 0 Å². The van der Waals surface area contributed by atoms with Gasteiger partial charge in [0.25, 0.3) is 0 Å². The smallest absolute Gasteiger partial charge is 0.130 e. The Morgan fingerprint density at radius 3 is 2.67 bits per heavy atom. The fourth-order valence-corrected chi connectivity index (χ4v) is 2.30. The third-order valence-corrected chi connectivity index (χ3v) is 3.20. The van der Waals surface area contributed by atoms with E-state index < -0.39 is 11.6 Å². The van der Waals surface area contributed by atoms with Crippen LogP contribution in [0.5, 0.6) is 0 Å². The van der Waals surface area contributed by atoms with Gasteiger partial charge >= 0.3 is 0 Å². The molecule has 1 atom stereocenters. The minimum Gasteiger partial charge on any atom is -0.312 e. The van der Waals surface area contributed by atoms with Gasteiger partial charge in [-0.25, -0.2) is 8.78 Å². The molecule has 1 unspecified atom stereocenters. The van der Waals surface area contributed by atoms with Crippen LogP contribution in [0.4, 0.5) is 8.78 Å². The molecule has 1 aromatic rings. The normalized spacial score (nSPS) is 12.7. The first kappa shape index (κ1) is 15.4. The predicted molar refractivity (Wildman–Crippen MR) is 71.8 cm³/mol. The number of benzene rings is 1. The van der Waals surface area contributed by atoms with Gasteiger partial charge in [-0.15, -0.1) is 11.6 Å². The molecule has 0 radical (unpaired) electrons. The van der Waals surface area contributed by atoms with Gasteiger partial charge < -0.3 is 5.32 Å². The first-order valence-corrected chi connectivity index (χ1v) is 6.91. The van der Waals surface area contributed by atoms with E-state index in [1.54, 1.807) is 0 Å². The average Bonchev–Trinajstić information content (AvgIpc) is 2.32. The van der Waals surface area contributed by atoms with Gasteiger partial charge in [0.05, 0.1) is 0 Å². The Kier molecular flexibility index (Phi) is 7.21. The number of alkyl halides is 1. The molecule has 1 rings (SSSR count). The Labute approximate surface area is 113 Å². The SMILES string of the molecule is CCCC(CCCl)CNCc1ccc(F)cc1F. The van der Waals surface area contributed by atoms with Gasteiger partial charge in [0.1, 0.15) is 11.6 Å². The molecule has 1 nitrogen and oxygen atoms in total. The summed E-state index contributed by atoms with van der Waals surface area (Å²) in [6.07, 6.45) is 3.20. The second-order valence-electron chi connectivity index (χ2n) is 4.50. The summed E-state index contributed by atoms with van der Waals surface area (Å²) in [6.45, 7) is 3.38. The lowest BCUT2D eigenvalue weighted by Gasteiger charge is -2.15. The van der Waals surface area contributed by atoms with Crippen LogP contribution < -0.4 is 5.32 Å². The van der Waals surface area contributed by atoms with Crippen molar-refractivity contribution < 1.29 is 8.78 Å². The van der Waals surface area contributed by atoms with E-state index in [-0.39, 0.29) is 0 Å². The Hall–Kier alpha value is -0.670. The summed E-state index contributed by atoms with van der Waals surface area (Å²) in [7, 11) is 0. The molecule has 0 aliphatic carbocycles. The quantitative estimate of drug-likeness (QED) is 0.705. The Balaban J connectivity index is 2.39. The summed E-state index contributed by atoms with van der Waals surface area (Å²) in [4.78, 5) is 0. The molecule has 0 fully saturated rings. The van der Waals surface area contributed by atoms with Crippen molar-refractivity contribution in [3.63, 3.8) is 0 Å². The maximum atomic E-state index is 13.4. The van der Waals surface area contributed by atoms with Gasteiger partial charge in [0.2, 0.25) is 0 Å². The van der Waals surface area contributed by atoms with Crippen molar-refractivity contribution in [2.45, 2.75) is 32.7 Å². The second kappa shape index (κ2) is 8.44. The summed E-state index contributed by atoms with van der Waals surface area (Å²) in [5.74, 6) is 0.141. The lowest BCUT2D eigenvalue weighted by atomic mass is 10.0. The molecule has 0 saturated heterocycles. The third kappa shape index (κ3) is 5.32. The van der Waals surface area contributed by atoms with Crippen molar-refractivity contribution in [1.82, 2.24) is 5.32 Å². The van der Waals surface area contributed by atoms with Gasteiger partial charge in [0, 0.05) is 24.1 Å². The first-order valence-electron chi connectivity index (χ1n) is 6.38. The molecule has 0 aliphatic heterocycles. The standard InChI is InChI=1S/C14H20ClF2N/c1-2-3-11(6-7-15)9-18-10-12-4-5-13(16)8-14(12)17/h4-5,8,11,18H,2-3,6-7,9-10H2,1H3. The van der Waals surface area contributed by atoms with E-state index in [1.165, 1.54) is 12.1 Å². The molecule has 0 heterocycles. The van der Waals surface area contributed by atoms with E-state index >= 15 is 0 Å². The zero-order chi connectivity index (χ0) is 13.4. The zero-order valence-electron chi connectivity index (χ0n) is 10.7. The van der Waals surface area contributed by atoms with Crippen LogP contribution in [-0.2, 0) is 6.54 Å². The van der Waals surface area contributed by atoms with Gasteiger partial charge in [-0.05, 0) is 31.4 Å². The Bertz CT molecular complexity index is 352. The van der Waals surface area contributed by atoms with Crippen LogP contribution in [0.15, 0.2) is 18.2 Å². The fourth-order valence-electron chi connectivity index (χ4n) is 1.99. The number of halogens is 3. The van der Waals surface area contributed by atoms with E-state index in [9.17, 15) is 8.78 Å². The number of rotatable bonds is 8. The van der Waals surface area contributed by atoms with E-state index in [4.69, 9.17) is 11.6 Å². The number of hydrogen-bond acceptors (Lipinski definition) is 1. The molecule has 0 spiro atoms.